The molecule has 0 fully saturated rings. The summed E-state index contributed by atoms with van der Waals surface area (Å²) in [5, 5.41) is 15.2. The lowest BCUT2D eigenvalue weighted by Crippen LogP contribution is -2.42. The van der Waals surface area contributed by atoms with Crippen LogP contribution >= 0.6 is 11.8 Å². The van der Waals surface area contributed by atoms with Crippen molar-refractivity contribution in [2.45, 2.75) is 44.4 Å². The van der Waals surface area contributed by atoms with Crippen LogP contribution < -0.4 is 5.32 Å². The van der Waals surface area contributed by atoms with E-state index in [2.05, 4.69) is 20.8 Å². The fraction of sp³-hybridized carbons (Fsp3) is 0.818. The summed E-state index contributed by atoms with van der Waals surface area (Å²) in [7, 11) is 1.79. The molecule has 0 aliphatic carbocycles. The first-order valence-corrected chi connectivity index (χ1v) is 7.31. The van der Waals surface area contributed by atoms with Crippen molar-refractivity contribution < 1.29 is 9.53 Å². The van der Waals surface area contributed by atoms with Gasteiger partial charge in [0.1, 0.15) is 6.04 Å². The molecule has 7 nitrogen and oxygen atoms in total. The number of carbonyl (C=O) groups excluding carboxylic acids is 1. The molecule has 0 bridgehead atoms. The van der Waals surface area contributed by atoms with Crippen LogP contribution in [0.2, 0.25) is 0 Å². The Hall–Kier alpha value is -1.15. The van der Waals surface area contributed by atoms with Crippen LogP contribution in [0.5, 0.6) is 0 Å². The van der Waals surface area contributed by atoms with E-state index in [1.54, 1.807) is 11.7 Å². The van der Waals surface area contributed by atoms with Gasteiger partial charge in [0, 0.05) is 18.8 Å². The SMILES string of the molecule is CCOC(=O)C(CCSc1nnnn1C)NC(C)C. The Morgan fingerprint density at radius 2 is 2.26 bits per heavy atom. The van der Waals surface area contributed by atoms with Crippen molar-refractivity contribution in [1.82, 2.24) is 25.5 Å². The molecule has 0 aliphatic rings. The number of hydrogen-bond donors (Lipinski definition) is 1. The van der Waals surface area contributed by atoms with E-state index in [0.717, 1.165) is 10.9 Å². The van der Waals surface area contributed by atoms with Crippen molar-refractivity contribution in [1.29, 1.82) is 0 Å². The molecule has 0 radical (unpaired) electrons. The Labute approximate surface area is 117 Å². The van der Waals surface area contributed by atoms with Gasteiger partial charge in [-0.1, -0.05) is 25.6 Å². The van der Waals surface area contributed by atoms with E-state index in [0.29, 0.717) is 13.0 Å². The van der Waals surface area contributed by atoms with E-state index in [1.807, 2.05) is 20.8 Å². The third-order valence-electron chi connectivity index (χ3n) is 2.32. The molecule has 0 saturated heterocycles. The summed E-state index contributed by atoms with van der Waals surface area (Å²) in [6.07, 6.45) is 0.675. The summed E-state index contributed by atoms with van der Waals surface area (Å²) in [6.45, 7) is 6.22. The molecule has 1 unspecified atom stereocenters. The lowest BCUT2D eigenvalue weighted by molar-refractivity contribution is -0.145. The second-order valence-electron chi connectivity index (χ2n) is 4.35. The van der Waals surface area contributed by atoms with E-state index in [9.17, 15) is 4.79 Å². The number of hydrogen-bond acceptors (Lipinski definition) is 7. The zero-order valence-corrected chi connectivity index (χ0v) is 12.6. The molecule has 8 heteroatoms. The quantitative estimate of drug-likeness (QED) is 0.554. The summed E-state index contributed by atoms with van der Waals surface area (Å²) in [5.41, 5.74) is 0. The van der Waals surface area contributed by atoms with Crippen molar-refractivity contribution in [3.8, 4) is 0 Å². The molecule has 1 atom stereocenters. The van der Waals surface area contributed by atoms with Gasteiger partial charge < -0.3 is 10.1 Å². The van der Waals surface area contributed by atoms with Crippen LogP contribution in [0.3, 0.4) is 0 Å². The molecular formula is C11H21N5O2S. The van der Waals surface area contributed by atoms with E-state index in [-0.39, 0.29) is 18.1 Å². The van der Waals surface area contributed by atoms with Gasteiger partial charge in [-0.2, -0.15) is 0 Å². The first-order chi connectivity index (χ1) is 9.04. The second kappa shape index (κ2) is 8.11. The summed E-state index contributed by atoms with van der Waals surface area (Å²) >= 11 is 1.52. The fourth-order valence-corrected chi connectivity index (χ4v) is 2.38. The number of nitrogens with zero attached hydrogens (tertiary/aromatic N) is 4. The zero-order chi connectivity index (χ0) is 14.3. The van der Waals surface area contributed by atoms with Gasteiger partial charge in [0.25, 0.3) is 0 Å². The number of ether oxygens (including phenoxy) is 1. The van der Waals surface area contributed by atoms with Crippen molar-refractivity contribution in [3.05, 3.63) is 0 Å². The Morgan fingerprint density at radius 3 is 2.79 bits per heavy atom. The molecule has 0 spiro atoms. The van der Waals surface area contributed by atoms with E-state index in [1.165, 1.54) is 11.8 Å². The lowest BCUT2D eigenvalue weighted by atomic mass is 10.2. The number of esters is 1. The van der Waals surface area contributed by atoms with E-state index in [4.69, 9.17) is 4.74 Å². The first kappa shape index (κ1) is 15.9. The number of rotatable bonds is 8. The van der Waals surface area contributed by atoms with Crippen molar-refractivity contribution in [3.63, 3.8) is 0 Å². The molecule has 1 N–H and O–H groups in total. The molecule has 108 valence electrons. The Bertz CT molecular complexity index is 396. The van der Waals surface area contributed by atoms with Gasteiger partial charge in [0.15, 0.2) is 0 Å². The lowest BCUT2D eigenvalue weighted by Gasteiger charge is -2.19. The minimum atomic E-state index is -0.284. The molecule has 1 rings (SSSR count). The normalized spacial score (nSPS) is 12.7. The maximum absolute atomic E-state index is 11.8. The molecule has 0 aliphatic heterocycles. The van der Waals surface area contributed by atoms with Crippen LogP contribution in [0.15, 0.2) is 5.16 Å². The van der Waals surface area contributed by atoms with E-state index < -0.39 is 0 Å². The summed E-state index contributed by atoms with van der Waals surface area (Å²) in [4.78, 5) is 11.8. The minimum Gasteiger partial charge on any atom is -0.465 e. The highest BCUT2D eigenvalue weighted by Crippen LogP contribution is 2.15. The predicted octanol–water partition coefficient (Wildman–Crippen LogP) is 0.622. The van der Waals surface area contributed by atoms with Gasteiger partial charge in [0.05, 0.1) is 6.61 Å². The van der Waals surface area contributed by atoms with Gasteiger partial charge in [-0.3, -0.25) is 4.79 Å². The van der Waals surface area contributed by atoms with Crippen molar-refractivity contribution in [2.75, 3.05) is 12.4 Å². The zero-order valence-electron chi connectivity index (χ0n) is 11.8. The summed E-state index contributed by atoms with van der Waals surface area (Å²) in [5.74, 6) is 0.546. The molecule has 1 aromatic heterocycles. The van der Waals surface area contributed by atoms with Crippen LogP contribution in [0.4, 0.5) is 0 Å². The highest BCUT2D eigenvalue weighted by molar-refractivity contribution is 7.99. The van der Waals surface area contributed by atoms with Gasteiger partial charge in [-0.25, -0.2) is 4.68 Å². The molecule has 0 amide bonds. The smallest absolute Gasteiger partial charge is 0.323 e. The Morgan fingerprint density at radius 1 is 1.53 bits per heavy atom. The molecule has 0 aromatic carbocycles. The maximum atomic E-state index is 11.8. The Balaban J connectivity index is 2.44. The van der Waals surface area contributed by atoms with Gasteiger partial charge >= 0.3 is 5.97 Å². The average Bonchev–Trinajstić information content (AvgIpc) is 2.74. The monoisotopic (exact) mass is 287 g/mol. The topological polar surface area (TPSA) is 81.9 Å². The molecule has 1 aromatic rings. The molecule has 1 heterocycles. The van der Waals surface area contributed by atoms with Crippen LogP contribution in [0.1, 0.15) is 27.2 Å². The largest absolute Gasteiger partial charge is 0.465 e. The van der Waals surface area contributed by atoms with Crippen LogP contribution in [-0.4, -0.2) is 50.6 Å². The third kappa shape index (κ3) is 5.56. The van der Waals surface area contributed by atoms with Gasteiger partial charge in [0.2, 0.25) is 5.16 Å². The number of aryl methyl sites for hydroxylation is 1. The molecular weight excluding hydrogens is 266 g/mol. The number of carbonyl (C=O) groups is 1. The maximum Gasteiger partial charge on any atom is 0.323 e. The molecule has 19 heavy (non-hydrogen) atoms. The van der Waals surface area contributed by atoms with Crippen LogP contribution in [0, 0.1) is 0 Å². The van der Waals surface area contributed by atoms with E-state index >= 15 is 0 Å². The van der Waals surface area contributed by atoms with Crippen molar-refractivity contribution >= 4 is 17.7 Å². The van der Waals surface area contributed by atoms with Crippen LogP contribution in [0.25, 0.3) is 0 Å². The number of tetrazole rings is 1. The molecule has 0 saturated carbocycles. The minimum absolute atomic E-state index is 0.201. The first-order valence-electron chi connectivity index (χ1n) is 6.32. The summed E-state index contributed by atoms with van der Waals surface area (Å²) < 4.78 is 6.67. The fourth-order valence-electron chi connectivity index (χ4n) is 1.53. The van der Waals surface area contributed by atoms with Crippen LogP contribution in [-0.2, 0) is 16.6 Å². The highest BCUT2D eigenvalue weighted by atomic mass is 32.2. The average molecular weight is 287 g/mol. The van der Waals surface area contributed by atoms with Gasteiger partial charge in [-0.05, 0) is 23.8 Å². The highest BCUT2D eigenvalue weighted by Gasteiger charge is 2.20. The summed E-state index contributed by atoms with van der Waals surface area (Å²) in [6, 6.07) is -0.0514. The van der Waals surface area contributed by atoms with Crippen molar-refractivity contribution in [2.24, 2.45) is 7.05 Å². The number of aromatic nitrogens is 4. The number of thioether (sulfide) groups is 1. The third-order valence-corrected chi connectivity index (χ3v) is 3.37. The predicted molar refractivity (Wildman–Crippen MR) is 72.8 cm³/mol. The second-order valence-corrected chi connectivity index (χ2v) is 5.41. The number of nitrogens with one attached hydrogen (secondary N) is 1. The Kier molecular flexibility index (Phi) is 6.79. The van der Waals surface area contributed by atoms with Gasteiger partial charge in [-0.15, -0.1) is 5.10 Å². The standard InChI is InChI=1S/C11H21N5O2S/c1-5-18-10(17)9(12-8(2)3)6-7-19-11-13-14-15-16(11)4/h8-9,12H,5-7H2,1-4H3.